The predicted molar refractivity (Wildman–Crippen MR) is 117 cm³/mol. The lowest BCUT2D eigenvalue weighted by molar-refractivity contribution is -0.116. The second-order valence-corrected chi connectivity index (χ2v) is 7.84. The third-order valence-electron chi connectivity index (χ3n) is 5.83. The van der Waals surface area contributed by atoms with Crippen LogP contribution in [0.15, 0.2) is 53.3 Å². The van der Waals surface area contributed by atoms with Gasteiger partial charge < -0.3 is 14.8 Å². The van der Waals surface area contributed by atoms with Crippen LogP contribution in [0.2, 0.25) is 0 Å². The Morgan fingerprint density at radius 2 is 1.87 bits per heavy atom. The molecule has 1 aliphatic carbocycles. The van der Waals surface area contributed by atoms with E-state index in [1.165, 1.54) is 6.08 Å². The van der Waals surface area contributed by atoms with Gasteiger partial charge in [0.1, 0.15) is 0 Å². The van der Waals surface area contributed by atoms with Crippen LogP contribution in [0.1, 0.15) is 43.0 Å². The van der Waals surface area contributed by atoms with E-state index in [0.29, 0.717) is 22.6 Å². The maximum absolute atomic E-state index is 12.9. The lowest BCUT2D eigenvalue weighted by atomic mass is 10.1. The first kappa shape index (κ1) is 19.4. The minimum atomic E-state index is -0.234. The summed E-state index contributed by atoms with van der Waals surface area (Å²) in [5.41, 5.74) is 1.49. The highest BCUT2D eigenvalue weighted by atomic mass is 16.7. The Hall–Kier alpha value is -3.61. The molecule has 3 aromatic rings. The molecule has 0 unspecified atom stereocenters. The zero-order chi connectivity index (χ0) is 21.2. The van der Waals surface area contributed by atoms with E-state index in [4.69, 9.17) is 9.47 Å². The highest BCUT2D eigenvalue weighted by Gasteiger charge is 2.21. The Morgan fingerprint density at radius 1 is 1.10 bits per heavy atom. The number of amides is 1. The first-order valence-corrected chi connectivity index (χ1v) is 10.5. The van der Waals surface area contributed by atoms with Gasteiger partial charge in [-0.2, -0.15) is 5.10 Å². The smallest absolute Gasteiger partial charge is 0.274 e. The summed E-state index contributed by atoms with van der Waals surface area (Å²) in [6.45, 7) is 0.463. The molecule has 1 aromatic heterocycles. The number of carbonyl (C=O) groups is 1. The van der Waals surface area contributed by atoms with Crippen molar-refractivity contribution in [3.8, 4) is 11.5 Å². The first-order chi connectivity index (χ1) is 15.2. The van der Waals surface area contributed by atoms with Gasteiger partial charge in [-0.3, -0.25) is 9.59 Å². The normalized spacial score (nSPS) is 15.7. The third-order valence-corrected chi connectivity index (χ3v) is 5.83. The van der Waals surface area contributed by atoms with Crippen LogP contribution in [0.5, 0.6) is 11.5 Å². The number of nitrogens with one attached hydrogen (secondary N) is 1. The van der Waals surface area contributed by atoms with Crippen LogP contribution in [0.4, 0.5) is 0 Å². The molecule has 1 saturated carbocycles. The van der Waals surface area contributed by atoms with Crippen LogP contribution >= 0.6 is 0 Å². The predicted octanol–water partition coefficient (Wildman–Crippen LogP) is 3.57. The van der Waals surface area contributed by atoms with Crippen LogP contribution in [-0.2, 0) is 11.3 Å². The van der Waals surface area contributed by atoms with E-state index in [9.17, 15) is 9.59 Å². The molecule has 0 bridgehead atoms. The summed E-state index contributed by atoms with van der Waals surface area (Å²) in [5.74, 6) is 1.14. The van der Waals surface area contributed by atoms with Gasteiger partial charge in [0.15, 0.2) is 11.5 Å². The molecule has 0 radical (unpaired) electrons. The fraction of sp³-hybridized carbons (Fsp3) is 0.292. The molecular weight excluding hydrogens is 394 g/mol. The number of ether oxygens (including phenoxy) is 2. The van der Waals surface area contributed by atoms with Crippen LogP contribution < -0.4 is 20.3 Å². The number of carbonyl (C=O) groups excluding carboxylic acids is 1. The van der Waals surface area contributed by atoms with Gasteiger partial charge in [-0.1, -0.05) is 37.1 Å². The SMILES string of the molecule is O=C(/C=C/c1ccc2c(c1)OCO2)NCc1nn(C2CCCC2)c(=O)c2ccccc12. The maximum Gasteiger partial charge on any atom is 0.274 e. The molecule has 2 aromatic carbocycles. The molecule has 7 heteroatoms. The van der Waals surface area contributed by atoms with Crippen molar-refractivity contribution in [2.45, 2.75) is 38.3 Å². The molecule has 0 atom stereocenters. The second-order valence-electron chi connectivity index (χ2n) is 7.84. The van der Waals surface area contributed by atoms with Crippen molar-refractivity contribution in [3.05, 3.63) is 70.2 Å². The molecule has 0 spiro atoms. The highest BCUT2D eigenvalue weighted by Crippen LogP contribution is 2.32. The minimum Gasteiger partial charge on any atom is -0.454 e. The van der Waals surface area contributed by atoms with Crippen LogP contribution in [0.25, 0.3) is 16.8 Å². The molecule has 31 heavy (non-hydrogen) atoms. The van der Waals surface area contributed by atoms with Crippen LogP contribution in [0.3, 0.4) is 0 Å². The van der Waals surface area contributed by atoms with E-state index >= 15 is 0 Å². The topological polar surface area (TPSA) is 82.4 Å². The molecule has 5 rings (SSSR count). The standard InChI is InChI=1S/C24H23N3O4/c28-23(12-10-16-9-11-21-22(13-16)31-15-30-21)25-14-20-18-7-3-4-8-19(18)24(29)27(26-20)17-5-1-2-6-17/h3-4,7-13,17H,1-2,5-6,14-15H2,(H,25,28)/b12-10+. The number of benzene rings is 2. The summed E-state index contributed by atoms with van der Waals surface area (Å²) in [6.07, 6.45) is 7.37. The van der Waals surface area contributed by atoms with E-state index in [0.717, 1.165) is 36.6 Å². The van der Waals surface area contributed by atoms with Crippen molar-refractivity contribution in [3.63, 3.8) is 0 Å². The van der Waals surface area contributed by atoms with E-state index in [1.807, 2.05) is 42.5 Å². The Balaban J connectivity index is 1.34. The molecular formula is C24H23N3O4. The molecule has 2 heterocycles. The molecule has 0 saturated heterocycles. The zero-order valence-corrected chi connectivity index (χ0v) is 17.0. The zero-order valence-electron chi connectivity index (χ0n) is 17.0. The summed E-state index contributed by atoms with van der Waals surface area (Å²) in [5, 5.41) is 8.96. The highest BCUT2D eigenvalue weighted by molar-refractivity contribution is 5.92. The molecule has 158 valence electrons. The summed E-state index contributed by atoms with van der Waals surface area (Å²) < 4.78 is 12.3. The van der Waals surface area contributed by atoms with Crippen molar-refractivity contribution in [1.82, 2.24) is 15.1 Å². The van der Waals surface area contributed by atoms with Gasteiger partial charge in [0, 0.05) is 11.5 Å². The van der Waals surface area contributed by atoms with E-state index in [2.05, 4.69) is 10.4 Å². The number of rotatable bonds is 5. The van der Waals surface area contributed by atoms with Crippen molar-refractivity contribution in [2.75, 3.05) is 6.79 Å². The van der Waals surface area contributed by atoms with Gasteiger partial charge in [-0.05, 0) is 42.7 Å². The van der Waals surface area contributed by atoms with Gasteiger partial charge in [-0.25, -0.2) is 4.68 Å². The maximum atomic E-state index is 12.9. The number of nitrogens with zero attached hydrogens (tertiary/aromatic N) is 2. The fourth-order valence-electron chi connectivity index (χ4n) is 4.22. The van der Waals surface area contributed by atoms with E-state index in [-0.39, 0.29) is 30.8 Å². The van der Waals surface area contributed by atoms with Gasteiger partial charge in [0.2, 0.25) is 12.7 Å². The first-order valence-electron chi connectivity index (χ1n) is 10.5. The lowest BCUT2D eigenvalue weighted by Crippen LogP contribution is -2.30. The Labute approximate surface area is 179 Å². The number of hydrogen-bond acceptors (Lipinski definition) is 5. The molecule has 1 aliphatic heterocycles. The van der Waals surface area contributed by atoms with Crippen molar-refractivity contribution in [1.29, 1.82) is 0 Å². The second kappa shape index (κ2) is 8.26. The van der Waals surface area contributed by atoms with Crippen molar-refractivity contribution in [2.24, 2.45) is 0 Å². The molecule has 1 amide bonds. The quantitative estimate of drug-likeness (QED) is 0.642. The number of hydrogen-bond donors (Lipinski definition) is 1. The Morgan fingerprint density at radius 3 is 2.71 bits per heavy atom. The van der Waals surface area contributed by atoms with E-state index in [1.54, 1.807) is 10.8 Å². The van der Waals surface area contributed by atoms with Gasteiger partial charge >= 0.3 is 0 Å². The van der Waals surface area contributed by atoms with Crippen LogP contribution in [0, 0.1) is 0 Å². The lowest BCUT2D eigenvalue weighted by Gasteiger charge is -2.16. The van der Waals surface area contributed by atoms with Crippen molar-refractivity contribution < 1.29 is 14.3 Å². The summed E-state index contributed by atoms with van der Waals surface area (Å²) in [7, 11) is 0. The van der Waals surface area contributed by atoms with Crippen LogP contribution in [-0.4, -0.2) is 22.5 Å². The summed E-state index contributed by atoms with van der Waals surface area (Å²) in [4.78, 5) is 25.3. The summed E-state index contributed by atoms with van der Waals surface area (Å²) in [6, 6.07) is 13.1. The third kappa shape index (κ3) is 3.91. The average Bonchev–Trinajstić information content (AvgIpc) is 3.49. The Bertz CT molecular complexity index is 1230. The molecule has 2 aliphatic rings. The molecule has 1 N–H and O–H groups in total. The minimum absolute atomic E-state index is 0.0553. The number of aromatic nitrogens is 2. The Kier molecular flexibility index (Phi) is 5.16. The van der Waals surface area contributed by atoms with Crippen molar-refractivity contribution >= 4 is 22.8 Å². The summed E-state index contributed by atoms with van der Waals surface area (Å²) >= 11 is 0. The monoisotopic (exact) mass is 417 g/mol. The number of fused-ring (bicyclic) bond motifs is 2. The largest absolute Gasteiger partial charge is 0.454 e. The van der Waals surface area contributed by atoms with E-state index < -0.39 is 0 Å². The molecule has 1 fully saturated rings. The molecule has 7 nitrogen and oxygen atoms in total. The van der Waals surface area contributed by atoms with Gasteiger partial charge in [0.25, 0.3) is 5.56 Å². The fourth-order valence-corrected chi connectivity index (χ4v) is 4.22. The van der Waals surface area contributed by atoms with Gasteiger partial charge in [0.05, 0.1) is 23.7 Å². The van der Waals surface area contributed by atoms with Gasteiger partial charge in [-0.15, -0.1) is 0 Å². The average molecular weight is 417 g/mol.